The first-order chi connectivity index (χ1) is 8.98. The quantitative estimate of drug-likeness (QED) is 0.660. The van der Waals surface area contributed by atoms with E-state index in [1.54, 1.807) is 0 Å². The first-order valence-electron chi connectivity index (χ1n) is 6.23. The summed E-state index contributed by atoms with van der Waals surface area (Å²) in [7, 11) is 0. The summed E-state index contributed by atoms with van der Waals surface area (Å²) in [5.41, 5.74) is 5.51. The zero-order valence-electron chi connectivity index (χ0n) is 11.5. The van der Waals surface area contributed by atoms with E-state index in [1.165, 1.54) is 0 Å². The molecular formula is C13H20N6. The number of nitrogens with zero attached hydrogens (tertiary/aromatic N) is 2. The molecule has 0 fully saturated rings. The SMILES string of the molecule is Cc1nc(Nc2ccc[nH]2)cc(NC(C)(C)CN)n1. The minimum Gasteiger partial charge on any atom is -0.364 e. The number of aryl methyl sites for hydroxylation is 1. The fraction of sp³-hybridized carbons (Fsp3) is 0.385. The fourth-order valence-electron chi connectivity index (χ4n) is 1.64. The fourth-order valence-corrected chi connectivity index (χ4v) is 1.64. The van der Waals surface area contributed by atoms with E-state index >= 15 is 0 Å². The molecular weight excluding hydrogens is 240 g/mol. The van der Waals surface area contributed by atoms with Gasteiger partial charge in [0.2, 0.25) is 0 Å². The molecule has 2 aromatic heterocycles. The summed E-state index contributed by atoms with van der Waals surface area (Å²) in [6, 6.07) is 5.73. The number of anilines is 3. The van der Waals surface area contributed by atoms with Crippen LogP contribution in [0.1, 0.15) is 19.7 Å². The van der Waals surface area contributed by atoms with Gasteiger partial charge in [-0.3, -0.25) is 0 Å². The Morgan fingerprint density at radius 2 is 2.05 bits per heavy atom. The molecule has 6 heteroatoms. The minimum absolute atomic E-state index is 0.204. The highest BCUT2D eigenvalue weighted by molar-refractivity contribution is 5.56. The Hall–Kier alpha value is -2.08. The number of aromatic nitrogens is 3. The summed E-state index contributed by atoms with van der Waals surface area (Å²) in [5.74, 6) is 3.09. The van der Waals surface area contributed by atoms with Crippen LogP contribution in [0.2, 0.25) is 0 Å². The van der Waals surface area contributed by atoms with Crippen LogP contribution in [0.3, 0.4) is 0 Å². The molecule has 0 aliphatic rings. The molecule has 6 nitrogen and oxygen atoms in total. The van der Waals surface area contributed by atoms with Crippen LogP contribution in [-0.2, 0) is 0 Å². The van der Waals surface area contributed by atoms with Crippen LogP contribution in [0, 0.1) is 6.92 Å². The molecule has 0 aliphatic heterocycles. The van der Waals surface area contributed by atoms with Crippen molar-refractivity contribution in [3.8, 4) is 0 Å². The summed E-state index contributed by atoms with van der Waals surface area (Å²) in [5, 5.41) is 6.49. The lowest BCUT2D eigenvalue weighted by Gasteiger charge is -2.25. The van der Waals surface area contributed by atoms with Crippen LogP contribution in [0.25, 0.3) is 0 Å². The number of aromatic amines is 1. The molecule has 2 heterocycles. The van der Waals surface area contributed by atoms with Gasteiger partial charge in [0.05, 0.1) is 0 Å². The van der Waals surface area contributed by atoms with Crippen molar-refractivity contribution in [1.82, 2.24) is 15.0 Å². The number of hydrogen-bond donors (Lipinski definition) is 4. The van der Waals surface area contributed by atoms with E-state index in [-0.39, 0.29) is 5.54 Å². The van der Waals surface area contributed by atoms with Crippen LogP contribution < -0.4 is 16.4 Å². The normalized spacial score (nSPS) is 11.4. The third-order valence-corrected chi connectivity index (χ3v) is 2.68. The molecule has 0 aliphatic carbocycles. The van der Waals surface area contributed by atoms with Crippen molar-refractivity contribution < 1.29 is 0 Å². The van der Waals surface area contributed by atoms with E-state index in [1.807, 2.05) is 45.2 Å². The van der Waals surface area contributed by atoms with E-state index in [9.17, 15) is 0 Å². The van der Waals surface area contributed by atoms with Crippen molar-refractivity contribution in [1.29, 1.82) is 0 Å². The molecule has 0 radical (unpaired) electrons. The van der Waals surface area contributed by atoms with Crippen molar-refractivity contribution >= 4 is 17.5 Å². The van der Waals surface area contributed by atoms with Crippen molar-refractivity contribution in [2.24, 2.45) is 5.73 Å². The monoisotopic (exact) mass is 260 g/mol. The van der Waals surface area contributed by atoms with Crippen LogP contribution in [0.15, 0.2) is 24.4 Å². The summed E-state index contributed by atoms with van der Waals surface area (Å²) in [6.07, 6.45) is 1.85. The second-order valence-electron chi connectivity index (χ2n) is 5.11. The Bertz CT molecular complexity index is 532. The Balaban J connectivity index is 2.19. The Labute approximate surface area is 112 Å². The summed E-state index contributed by atoms with van der Waals surface area (Å²) < 4.78 is 0. The van der Waals surface area contributed by atoms with E-state index in [4.69, 9.17) is 5.73 Å². The standard InChI is InChI=1S/C13H20N6/c1-9-16-11(18-10-5-4-6-15-10)7-12(17-9)19-13(2,3)8-14/h4-7,15H,8,14H2,1-3H3,(H2,16,17,18,19). The maximum atomic E-state index is 5.71. The summed E-state index contributed by atoms with van der Waals surface area (Å²) in [6.45, 7) is 6.45. The van der Waals surface area contributed by atoms with Gasteiger partial charge >= 0.3 is 0 Å². The van der Waals surface area contributed by atoms with Gasteiger partial charge in [-0.2, -0.15) is 0 Å². The molecule has 0 bridgehead atoms. The van der Waals surface area contributed by atoms with E-state index in [0.717, 1.165) is 17.5 Å². The van der Waals surface area contributed by atoms with E-state index in [0.29, 0.717) is 12.4 Å². The molecule has 2 aromatic rings. The van der Waals surface area contributed by atoms with Gasteiger partial charge in [0.25, 0.3) is 0 Å². The molecule has 5 N–H and O–H groups in total. The van der Waals surface area contributed by atoms with Crippen LogP contribution in [0.4, 0.5) is 17.5 Å². The highest BCUT2D eigenvalue weighted by atomic mass is 15.1. The van der Waals surface area contributed by atoms with Crippen molar-refractivity contribution in [2.45, 2.75) is 26.3 Å². The second-order valence-corrected chi connectivity index (χ2v) is 5.11. The predicted molar refractivity (Wildman–Crippen MR) is 77.6 cm³/mol. The van der Waals surface area contributed by atoms with Crippen LogP contribution in [-0.4, -0.2) is 27.0 Å². The Kier molecular flexibility index (Phi) is 3.71. The van der Waals surface area contributed by atoms with Crippen molar-refractivity contribution in [3.05, 3.63) is 30.2 Å². The molecule has 102 valence electrons. The zero-order chi connectivity index (χ0) is 13.9. The number of hydrogen-bond acceptors (Lipinski definition) is 5. The maximum absolute atomic E-state index is 5.71. The Morgan fingerprint density at radius 1 is 1.32 bits per heavy atom. The minimum atomic E-state index is -0.204. The van der Waals surface area contributed by atoms with Gasteiger partial charge in [-0.25, -0.2) is 9.97 Å². The molecule has 0 amide bonds. The number of H-pyrrole nitrogens is 1. The van der Waals surface area contributed by atoms with E-state index in [2.05, 4.69) is 25.6 Å². The van der Waals surface area contributed by atoms with Gasteiger partial charge in [-0.15, -0.1) is 0 Å². The van der Waals surface area contributed by atoms with Gasteiger partial charge < -0.3 is 21.4 Å². The smallest absolute Gasteiger partial charge is 0.137 e. The highest BCUT2D eigenvalue weighted by Gasteiger charge is 2.16. The maximum Gasteiger partial charge on any atom is 0.137 e. The lowest BCUT2D eigenvalue weighted by Crippen LogP contribution is -2.39. The lowest BCUT2D eigenvalue weighted by atomic mass is 10.1. The molecule has 0 saturated heterocycles. The molecule has 0 aromatic carbocycles. The summed E-state index contributed by atoms with van der Waals surface area (Å²) >= 11 is 0. The molecule has 0 spiro atoms. The van der Waals surface area contributed by atoms with Gasteiger partial charge in [0.15, 0.2) is 0 Å². The molecule has 0 atom stereocenters. The molecule has 0 unspecified atom stereocenters. The summed E-state index contributed by atoms with van der Waals surface area (Å²) in [4.78, 5) is 11.8. The second kappa shape index (κ2) is 5.27. The largest absolute Gasteiger partial charge is 0.364 e. The van der Waals surface area contributed by atoms with Crippen molar-refractivity contribution in [3.63, 3.8) is 0 Å². The van der Waals surface area contributed by atoms with Gasteiger partial charge in [-0.1, -0.05) is 0 Å². The average Bonchev–Trinajstić information content (AvgIpc) is 2.80. The molecule has 0 saturated carbocycles. The van der Waals surface area contributed by atoms with Crippen LogP contribution in [0.5, 0.6) is 0 Å². The third-order valence-electron chi connectivity index (χ3n) is 2.68. The average molecular weight is 260 g/mol. The number of nitrogens with two attached hydrogens (primary N) is 1. The van der Waals surface area contributed by atoms with Crippen LogP contribution >= 0.6 is 0 Å². The molecule has 19 heavy (non-hydrogen) atoms. The number of nitrogens with one attached hydrogen (secondary N) is 3. The molecule has 2 rings (SSSR count). The third kappa shape index (κ3) is 3.69. The van der Waals surface area contributed by atoms with Gasteiger partial charge in [-0.05, 0) is 32.9 Å². The number of rotatable bonds is 5. The topological polar surface area (TPSA) is 91.7 Å². The highest BCUT2D eigenvalue weighted by Crippen LogP contribution is 2.18. The zero-order valence-corrected chi connectivity index (χ0v) is 11.5. The first-order valence-corrected chi connectivity index (χ1v) is 6.23. The van der Waals surface area contributed by atoms with Crippen molar-refractivity contribution in [2.75, 3.05) is 17.2 Å². The predicted octanol–water partition coefficient (Wildman–Crippen LogP) is 2.01. The first kappa shape index (κ1) is 13.4. The van der Waals surface area contributed by atoms with Gasteiger partial charge in [0, 0.05) is 24.3 Å². The van der Waals surface area contributed by atoms with E-state index < -0.39 is 0 Å². The van der Waals surface area contributed by atoms with Gasteiger partial charge in [0.1, 0.15) is 23.3 Å². The lowest BCUT2D eigenvalue weighted by molar-refractivity contribution is 0.577. The Morgan fingerprint density at radius 3 is 2.68 bits per heavy atom.